The molecule has 1 aliphatic rings. The molecule has 2 aromatic heterocycles. The van der Waals surface area contributed by atoms with Gasteiger partial charge in [0.15, 0.2) is 5.96 Å². The normalized spacial score (nSPS) is 17.8. The standard InChI is InChI=1S/C21H35N7OS/c1-5-22-21(23-14-18(26(2)3)17-13-25-27(4)16-17)24-15-19(20-7-6-12-30-20)28-8-10-29-11-9-28/h6-7,12-13,16,18-19H,5,8-11,14-15H2,1-4H3,(H2,22,23,24). The van der Waals surface area contributed by atoms with Crippen molar-refractivity contribution < 1.29 is 4.74 Å². The van der Waals surface area contributed by atoms with Gasteiger partial charge in [0, 0.05) is 49.9 Å². The number of thiophene rings is 1. The summed E-state index contributed by atoms with van der Waals surface area (Å²) >= 11 is 1.80. The minimum atomic E-state index is 0.217. The van der Waals surface area contributed by atoms with Gasteiger partial charge < -0.3 is 20.3 Å². The highest BCUT2D eigenvalue weighted by Gasteiger charge is 2.23. The molecule has 0 amide bonds. The topological polar surface area (TPSA) is 70.0 Å². The van der Waals surface area contributed by atoms with Crippen molar-refractivity contribution in [3.63, 3.8) is 0 Å². The molecule has 9 heteroatoms. The Labute approximate surface area is 183 Å². The predicted molar refractivity (Wildman–Crippen MR) is 123 cm³/mol. The van der Waals surface area contributed by atoms with Crippen molar-refractivity contribution in [2.24, 2.45) is 12.0 Å². The molecule has 166 valence electrons. The number of morpholine rings is 1. The molecule has 30 heavy (non-hydrogen) atoms. The van der Waals surface area contributed by atoms with Crippen LogP contribution in [0.4, 0.5) is 0 Å². The third-order valence-corrected chi connectivity index (χ3v) is 6.29. The molecule has 0 aromatic carbocycles. The maximum absolute atomic E-state index is 5.55. The number of aliphatic imine (C=N–C) groups is 1. The van der Waals surface area contributed by atoms with Crippen molar-refractivity contribution in [1.82, 2.24) is 30.2 Å². The lowest BCUT2D eigenvalue weighted by Gasteiger charge is -2.33. The van der Waals surface area contributed by atoms with Crippen molar-refractivity contribution in [3.8, 4) is 0 Å². The van der Waals surface area contributed by atoms with Gasteiger partial charge in [0.05, 0.1) is 38.0 Å². The quantitative estimate of drug-likeness (QED) is 0.464. The summed E-state index contributed by atoms with van der Waals surface area (Å²) < 4.78 is 7.40. The lowest BCUT2D eigenvalue weighted by Crippen LogP contribution is -2.43. The number of nitrogens with one attached hydrogen (secondary N) is 2. The molecule has 1 fully saturated rings. The zero-order chi connectivity index (χ0) is 21.3. The SMILES string of the molecule is CCNC(=NCC(c1cccs1)N1CCOCC1)NCC(c1cnn(C)c1)N(C)C. The largest absolute Gasteiger partial charge is 0.379 e. The van der Waals surface area contributed by atoms with Crippen LogP contribution in [0.25, 0.3) is 0 Å². The minimum absolute atomic E-state index is 0.217. The first-order chi connectivity index (χ1) is 14.6. The molecule has 0 radical (unpaired) electrons. The smallest absolute Gasteiger partial charge is 0.191 e. The molecule has 0 spiro atoms. The van der Waals surface area contributed by atoms with Gasteiger partial charge in [0.2, 0.25) is 0 Å². The second-order valence-corrected chi connectivity index (χ2v) is 8.69. The number of hydrogen-bond donors (Lipinski definition) is 2. The van der Waals surface area contributed by atoms with Gasteiger partial charge in [-0.2, -0.15) is 5.10 Å². The molecule has 2 unspecified atom stereocenters. The van der Waals surface area contributed by atoms with E-state index in [2.05, 4.69) is 70.3 Å². The van der Waals surface area contributed by atoms with Crippen LogP contribution in [0, 0.1) is 0 Å². The van der Waals surface area contributed by atoms with Gasteiger partial charge >= 0.3 is 0 Å². The van der Waals surface area contributed by atoms with Crippen LogP contribution < -0.4 is 10.6 Å². The van der Waals surface area contributed by atoms with Gasteiger partial charge in [-0.25, -0.2) is 0 Å². The Hall–Kier alpha value is -1.94. The van der Waals surface area contributed by atoms with Gasteiger partial charge in [-0.1, -0.05) is 6.07 Å². The predicted octanol–water partition coefficient (Wildman–Crippen LogP) is 1.71. The third-order valence-electron chi connectivity index (χ3n) is 5.32. The van der Waals surface area contributed by atoms with Crippen LogP contribution in [-0.2, 0) is 11.8 Å². The molecule has 1 aliphatic heterocycles. The van der Waals surface area contributed by atoms with E-state index in [1.165, 1.54) is 10.4 Å². The van der Waals surface area contributed by atoms with E-state index in [9.17, 15) is 0 Å². The Morgan fingerprint density at radius 3 is 2.73 bits per heavy atom. The highest BCUT2D eigenvalue weighted by atomic mass is 32.1. The maximum Gasteiger partial charge on any atom is 0.191 e. The second kappa shape index (κ2) is 11.5. The summed E-state index contributed by atoms with van der Waals surface area (Å²) in [6.45, 7) is 7.88. The van der Waals surface area contributed by atoms with Crippen molar-refractivity contribution in [2.75, 3.05) is 60.0 Å². The van der Waals surface area contributed by atoms with E-state index in [4.69, 9.17) is 9.73 Å². The highest BCUT2D eigenvalue weighted by Crippen LogP contribution is 2.26. The lowest BCUT2D eigenvalue weighted by molar-refractivity contribution is 0.0186. The van der Waals surface area contributed by atoms with Crippen LogP contribution in [0.3, 0.4) is 0 Å². The van der Waals surface area contributed by atoms with E-state index >= 15 is 0 Å². The number of rotatable bonds is 9. The first kappa shape index (κ1) is 22.7. The zero-order valence-electron chi connectivity index (χ0n) is 18.5. The Bertz CT molecular complexity index is 768. The minimum Gasteiger partial charge on any atom is -0.379 e. The number of hydrogen-bond acceptors (Lipinski definition) is 6. The molecule has 0 saturated carbocycles. The molecule has 1 saturated heterocycles. The van der Waals surface area contributed by atoms with Crippen LogP contribution in [0.5, 0.6) is 0 Å². The number of aromatic nitrogens is 2. The Morgan fingerprint density at radius 1 is 1.33 bits per heavy atom. The Morgan fingerprint density at radius 2 is 2.13 bits per heavy atom. The van der Waals surface area contributed by atoms with E-state index in [0.29, 0.717) is 0 Å². The van der Waals surface area contributed by atoms with E-state index in [-0.39, 0.29) is 12.1 Å². The van der Waals surface area contributed by atoms with Crippen molar-refractivity contribution in [1.29, 1.82) is 0 Å². The molecule has 3 heterocycles. The molecule has 3 rings (SSSR count). The first-order valence-electron chi connectivity index (χ1n) is 10.6. The first-order valence-corrected chi connectivity index (χ1v) is 11.5. The fraction of sp³-hybridized carbons (Fsp3) is 0.619. The summed E-state index contributed by atoms with van der Waals surface area (Å²) in [5.41, 5.74) is 1.19. The van der Waals surface area contributed by atoms with Crippen molar-refractivity contribution >= 4 is 17.3 Å². The summed E-state index contributed by atoms with van der Waals surface area (Å²) in [6.07, 6.45) is 4.00. The number of likely N-dealkylation sites (N-methyl/N-ethyl adjacent to an activating group) is 1. The monoisotopic (exact) mass is 433 g/mol. The van der Waals surface area contributed by atoms with Gasteiger partial charge in [0.1, 0.15) is 0 Å². The van der Waals surface area contributed by atoms with E-state index < -0.39 is 0 Å². The Balaban J connectivity index is 1.68. The summed E-state index contributed by atoms with van der Waals surface area (Å²) in [4.78, 5) is 11.0. The zero-order valence-corrected chi connectivity index (χ0v) is 19.4. The summed E-state index contributed by atoms with van der Waals surface area (Å²) in [5.74, 6) is 0.850. The van der Waals surface area contributed by atoms with Gasteiger partial charge in [-0.3, -0.25) is 14.6 Å². The second-order valence-electron chi connectivity index (χ2n) is 7.71. The average molecular weight is 434 g/mol. The van der Waals surface area contributed by atoms with Gasteiger partial charge in [0.25, 0.3) is 0 Å². The third kappa shape index (κ3) is 6.28. The van der Waals surface area contributed by atoms with E-state index in [1.807, 2.05) is 17.9 Å². The summed E-state index contributed by atoms with van der Waals surface area (Å²) in [5, 5.41) is 13.4. The highest BCUT2D eigenvalue weighted by molar-refractivity contribution is 7.10. The van der Waals surface area contributed by atoms with E-state index in [1.54, 1.807) is 11.3 Å². The van der Waals surface area contributed by atoms with Gasteiger partial charge in [-0.15, -0.1) is 11.3 Å². The Kier molecular flexibility index (Phi) is 8.68. The van der Waals surface area contributed by atoms with Crippen LogP contribution in [0.1, 0.15) is 29.4 Å². The fourth-order valence-electron chi connectivity index (χ4n) is 3.68. The molecule has 0 bridgehead atoms. The number of guanidine groups is 1. The lowest BCUT2D eigenvalue weighted by atomic mass is 10.1. The van der Waals surface area contributed by atoms with Crippen LogP contribution in [-0.4, -0.2) is 85.6 Å². The molecular weight excluding hydrogens is 398 g/mol. The number of aryl methyl sites for hydroxylation is 1. The number of nitrogens with zero attached hydrogens (tertiary/aromatic N) is 5. The van der Waals surface area contributed by atoms with E-state index in [0.717, 1.165) is 51.9 Å². The van der Waals surface area contributed by atoms with Crippen LogP contribution in [0.2, 0.25) is 0 Å². The number of ether oxygens (including phenoxy) is 1. The molecular formula is C21H35N7OS. The molecule has 8 nitrogen and oxygen atoms in total. The van der Waals surface area contributed by atoms with Crippen LogP contribution >= 0.6 is 11.3 Å². The van der Waals surface area contributed by atoms with Gasteiger partial charge in [-0.05, 0) is 32.5 Å². The summed E-state index contributed by atoms with van der Waals surface area (Å²) in [7, 11) is 6.13. The summed E-state index contributed by atoms with van der Waals surface area (Å²) in [6, 6.07) is 4.84. The maximum atomic E-state index is 5.55. The molecule has 2 aromatic rings. The molecule has 0 aliphatic carbocycles. The van der Waals surface area contributed by atoms with Crippen LogP contribution in [0.15, 0.2) is 34.9 Å². The van der Waals surface area contributed by atoms with Crippen molar-refractivity contribution in [2.45, 2.75) is 19.0 Å². The fourth-order valence-corrected chi connectivity index (χ4v) is 4.53. The molecule has 2 atom stereocenters. The average Bonchev–Trinajstić information content (AvgIpc) is 3.41. The van der Waals surface area contributed by atoms with Crippen molar-refractivity contribution in [3.05, 3.63) is 40.3 Å². The molecule has 2 N–H and O–H groups in total.